The highest BCUT2D eigenvalue weighted by Gasteiger charge is 2.10. The second-order valence-corrected chi connectivity index (χ2v) is 4.92. The minimum atomic E-state index is 0. The third-order valence-electron chi connectivity index (χ3n) is 3.53. The van der Waals surface area contributed by atoms with Gasteiger partial charge in [0.15, 0.2) is 0 Å². The van der Waals surface area contributed by atoms with E-state index in [2.05, 4.69) is 71.8 Å². The van der Waals surface area contributed by atoms with Gasteiger partial charge in [-0.15, -0.1) is 12.4 Å². The lowest BCUT2D eigenvalue weighted by atomic mass is 9.99. The van der Waals surface area contributed by atoms with E-state index in [4.69, 9.17) is 4.74 Å². The SMILES string of the molecule is C(=C(c1ccccc1)c1ccccc1)N1CCOCC1.Cl. The Labute approximate surface area is 132 Å². The quantitative estimate of drug-likeness (QED) is 0.854. The number of ether oxygens (including phenoxy) is 1. The third kappa shape index (κ3) is 4.10. The largest absolute Gasteiger partial charge is 0.378 e. The topological polar surface area (TPSA) is 12.5 Å². The molecule has 2 nitrogen and oxygen atoms in total. The monoisotopic (exact) mass is 301 g/mol. The van der Waals surface area contributed by atoms with Crippen LogP contribution >= 0.6 is 12.4 Å². The molecule has 0 atom stereocenters. The van der Waals surface area contributed by atoms with Crippen LogP contribution in [0.2, 0.25) is 0 Å². The first-order chi connectivity index (χ1) is 9.93. The van der Waals surface area contributed by atoms with Gasteiger partial charge in [0.2, 0.25) is 0 Å². The van der Waals surface area contributed by atoms with Gasteiger partial charge in [-0.1, -0.05) is 60.7 Å². The van der Waals surface area contributed by atoms with E-state index < -0.39 is 0 Å². The number of rotatable bonds is 3. The minimum Gasteiger partial charge on any atom is -0.378 e. The zero-order valence-electron chi connectivity index (χ0n) is 11.9. The van der Waals surface area contributed by atoms with Crippen LogP contribution in [0.3, 0.4) is 0 Å². The van der Waals surface area contributed by atoms with E-state index >= 15 is 0 Å². The molecule has 0 aliphatic carbocycles. The fraction of sp³-hybridized carbons (Fsp3) is 0.222. The number of benzene rings is 2. The summed E-state index contributed by atoms with van der Waals surface area (Å²) in [6, 6.07) is 21.1. The summed E-state index contributed by atoms with van der Waals surface area (Å²) in [5.74, 6) is 0. The van der Waals surface area contributed by atoms with Crippen LogP contribution < -0.4 is 0 Å². The first-order valence-corrected chi connectivity index (χ1v) is 7.08. The molecule has 2 aromatic rings. The second-order valence-electron chi connectivity index (χ2n) is 4.92. The van der Waals surface area contributed by atoms with Crippen molar-refractivity contribution in [1.29, 1.82) is 0 Å². The van der Waals surface area contributed by atoms with Gasteiger partial charge in [-0.05, 0) is 11.1 Å². The molecule has 1 heterocycles. The van der Waals surface area contributed by atoms with Crippen LogP contribution in [0.5, 0.6) is 0 Å². The molecule has 1 fully saturated rings. The van der Waals surface area contributed by atoms with E-state index in [1.54, 1.807) is 0 Å². The molecule has 2 aromatic carbocycles. The molecule has 1 saturated heterocycles. The average molecular weight is 302 g/mol. The van der Waals surface area contributed by atoms with E-state index in [1.165, 1.54) is 16.7 Å². The van der Waals surface area contributed by atoms with E-state index in [9.17, 15) is 0 Å². The molecule has 0 spiro atoms. The minimum absolute atomic E-state index is 0. The van der Waals surface area contributed by atoms with E-state index in [1.807, 2.05) is 0 Å². The van der Waals surface area contributed by atoms with Gasteiger partial charge in [0.05, 0.1) is 13.2 Å². The standard InChI is InChI=1S/C18H19NO.ClH/c1-3-7-16(8-4-1)18(17-9-5-2-6-10-17)15-19-11-13-20-14-12-19;/h1-10,15H,11-14H2;1H. The normalized spacial score (nSPS) is 14.2. The Morgan fingerprint density at radius 2 is 1.29 bits per heavy atom. The lowest BCUT2D eigenvalue weighted by Gasteiger charge is -2.26. The van der Waals surface area contributed by atoms with Gasteiger partial charge in [0.1, 0.15) is 0 Å². The fourth-order valence-corrected chi connectivity index (χ4v) is 2.44. The molecule has 0 bridgehead atoms. The maximum absolute atomic E-state index is 5.42. The average Bonchev–Trinajstić information content (AvgIpc) is 2.55. The number of hydrogen-bond acceptors (Lipinski definition) is 2. The van der Waals surface area contributed by atoms with E-state index in [-0.39, 0.29) is 12.4 Å². The zero-order chi connectivity index (χ0) is 13.6. The lowest BCUT2D eigenvalue weighted by molar-refractivity contribution is 0.0596. The Balaban J connectivity index is 0.00000161. The van der Waals surface area contributed by atoms with Gasteiger partial charge >= 0.3 is 0 Å². The van der Waals surface area contributed by atoms with Gasteiger partial charge in [0, 0.05) is 24.9 Å². The molecule has 0 saturated carbocycles. The van der Waals surface area contributed by atoms with Crippen molar-refractivity contribution < 1.29 is 4.74 Å². The zero-order valence-corrected chi connectivity index (χ0v) is 12.8. The molecule has 110 valence electrons. The Morgan fingerprint density at radius 1 is 0.810 bits per heavy atom. The number of halogens is 1. The first-order valence-electron chi connectivity index (χ1n) is 7.08. The van der Waals surface area contributed by atoms with Crippen molar-refractivity contribution >= 4 is 18.0 Å². The van der Waals surface area contributed by atoms with Crippen molar-refractivity contribution in [2.75, 3.05) is 26.3 Å². The van der Waals surface area contributed by atoms with E-state index in [0.29, 0.717) is 0 Å². The van der Waals surface area contributed by atoms with Gasteiger partial charge in [0.25, 0.3) is 0 Å². The van der Waals surface area contributed by atoms with Crippen molar-refractivity contribution in [1.82, 2.24) is 4.90 Å². The predicted octanol–water partition coefficient (Wildman–Crippen LogP) is 3.83. The summed E-state index contributed by atoms with van der Waals surface area (Å²) in [7, 11) is 0. The number of nitrogens with zero attached hydrogens (tertiary/aromatic N) is 1. The molecule has 1 aliphatic rings. The van der Waals surface area contributed by atoms with E-state index in [0.717, 1.165) is 26.3 Å². The predicted molar refractivity (Wildman–Crippen MR) is 89.6 cm³/mol. The molecular weight excluding hydrogens is 282 g/mol. The van der Waals surface area contributed by atoms with Crippen LogP contribution in [-0.2, 0) is 4.74 Å². The third-order valence-corrected chi connectivity index (χ3v) is 3.53. The fourth-order valence-electron chi connectivity index (χ4n) is 2.44. The summed E-state index contributed by atoms with van der Waals surface area (Å²) in [6.45, 7) is 3.55. The maximum atomic E-state index is 5.42. The number of hydrogen-bond donors (Lipinski definition) is 0. The molecule has 21 heavy (non-hydrogen) atoms. The number of morpholine rings is 1. The highest BCUT2D eigenvalue weighted by Crippen LogP contribution is 2.24. The Kier molecular flexibility index (Phi) is 5.85. The summed E-state index contributed by atoms with van der Waals surface area (Å²) < 4.78 is 5.42. The summed E-state index contributed by atoms with van der Waals surface area (Å²) in [4.78, 5) is 2.35. The molecule has 0 amide bonds. The van der Waals surface area contributed by atoms with Crippen molar-refractivity contribution in [3.05, 3.63) is 78.0 Å². The summed E-state index contributed by atoms with van der Waals surface area (Å²) in [6.07, 6.45) is 2.27. The molecule has 0 radical (unpaired) electrons. The summed E-state index contributed by atoms with van der Waals surface area (Å²) >= 11 is 0. The molecule has 0 N–H and O–H groups in total. The van der Waals surface area contributed by atoms with Crippen LogP contribution in [0.25, 0.3) is 5.57 Å². The van der Waals surface area contributed by atoms with Crippen LogP contribution in [0.4, 0.5) is 0 Å². The smallest absolute Gasteiger partial charge is 0.0642 e. The van der Waals surface area contributed by atoms with Crippen molar-refractivity contribution in [3.63, 3.8) is 0 Å². The molecule has 3 heteroatoms. The van der Waals surface area contributed by atoms with Crippen LogP contribution in [0.15, 0.2) is 66.9 Å². The van der Waals surface area contributed by atoms with Crippen molar-refractivity contribution in [2.24, 2.45) is 0 Å². The van der Waals surface area contributed by atoms with Crippen LogP contribution in [-0.4, -0.2) is 31.2 Å². The van der Waals surface area contributed by atoms with Crippen LogP contribution in [0.1, 0.15) is 11.1 Å². The second kappa shape index (κ2) is 7.87. The Hall–Kier alpha value is -1.77. The van der Waals surface area contributed by atoms with Gasteiger partial charge in [-0.3, -0.25) is 0 Å². The van der Waals surface area contributed by atoms with Gasteiger partial charge in [-0.2, -0.15) is 0 Å². The highest BCUT2D eigenvalue weighted by atomic mass is 35.5. The highest BCUT2D eigenvalue weighted by molar-refractivity contribution is 5.85. The molecule has 1 aliphatic heterocycles. The maximum Gasteiger partial charge on any atom is 0.0642 e. The molecule has 3 rings (SSSR count). The Morgan fingerprint density at radius 3 is 1.76 bits per heavy atom. The lowest BCUT2D eigenvalue weighted by Crippen LogP contribution is -2.32. The van der Waals surface area contributed by atoms with Crippen molar-refractivity contribution in [2.45, 2.75) is 0 Å². The molecule has 0 unspecified atom stereocenters. The van der Waals surface area contributed by atoms with Crippen LogP contribution in [0, 0.1) is 0 Å². The first kappa shape index (κ1) is 15.6. The summed E-state index contributed by atoms with van der Waals surface area (Å²) in [5, 5.41) is 0. The summed E-state index contributed by atoms with van der Waals surface area (Å²) in [5.41, 5.74) is 3.78. The molecular formula is C18H20ClNO. The van der Waals surface area contributed by atoms with Gasteiger partial charge < -0.3 is 9.64 Å². The molecule has 0 aromatic heterocycles. The van der Waals surface area contributed by atoms with Crippen molar-refractivity contribution in [3.8, 4) is 0 Å². The van der Waals surface area contributed by atoms with Gasteiger partial charge in [-0.25, -0.2) is 0 Å². The Bertz CT molecular complexity index is 521.